The number of pyridine rings is 1. The average molecular weight is 596 g/mol. The van der Waals surface area contributed by atoms with Crippen LogP contribution in [0.1, 0.15) is 50.4 Å². The summed E-state index contributed by atoms with van der Waals surface area (Å²) in [5.41, 5.74) is 0.388. The molecule has 2 aromatic carbocycles. The first-order valence-electron chi connectivity index (χ1n) is 14.3. The zero-order valence-corrected chi connectivity index (χ0v) is 23.8. The molecule has 3 aromatic rings. The van der Waals surface area contributed by atoms with E-state index in [4.69, 9.17) is 9.47 Å². The van der Waals surface area contributed by atoms with Crippen molar-refractivity contribution in [1.82, 2.24) is 25.4 Å². The largest absolute Gasteiger partial charge is 0.487 e. The number of carbonyl (C=O) groups excluding carboxylic acids is 2. The fourth-order valence-corrected chi connectivity index (χ4v) is 5.80. The normalized spacial score (nSPS) is 21.4. The maximum atomic E-state index is 14.1. The summed E-state index contributed by atoms with van der Waals surface area (Å²) < 4.78 is 54.1. The topological polar surface area (TPSA) is 96.0 Å². The number of hydrogen-bond acceptors (Lipinski definition) is 7. The van der Waals surface area contributed by atoms with E-state index in [-0.39, 0.29) is 47.3 Å². The molecule has 226 valence electrons. The van der Waals surface area contributed by atoms with E-state index in [1.54, 1.807) is 18.2 Å². The Balaban J connectivity index is 1.12. The highest BCUT2D eigenvalue weighted by Gasteiger charge is 2.59. The smallest absolute Gasteiger partial charge is 0.416 e. The van der Waals surface area contributed by atoms with E-state index >= 15 is 0 Å². The monoisotopic (exact) mass is 595 g/mol. The van der Waals surface area contributed by atoms with Crippen molar-refractivity contribution in [3.8, 4) is 17.2 Å². The molecule has 2 N–H and O–H groups in total. The minimum Gasteiger partial charge on any atom is -0.487 e. The van der Waals surface area contributed by atoms with Gasteiger partial charge in [0.2, 0.25) is 0 Å². The number of nitrogens with zero attached hydrogens (tertiary/aromatic N) is 3. The van der Waals surface area contributed by atoms with Crippen LogP contribution in [0, 0.1) is 0 Å². The predicted octanol–water partition coefficient (Wildman–Crippen LogP) is 4.05. The van der Waals surface area contributed by atoms with Gasteiger partial charge in [-0.1, -0.05) is 13.0 Å². The third-order valence-corrected chi connectivity index (χ3v) is 8.27. The molecule has 0 bridgehead atoms. The quantitative estimate of drug-likeness (QED) is 0.406. The fraction of sp³-hybridized carbons (Fsp3) is 0.387. The van der Waals surface area contributed by atoms with E-state index in [2.05, 4.69) is 27.4 Å². The Labute approximate surface area is 247 Å². The molecule has 3 atom stereocenters. The van der Waals surface area contributed by atoms with Crippen LogP contribution in [0.25, 0.3) is 0 Å². The number of hydrogen-bond donors (Lipinski definition) is 2. The molecule has 1 aliphatic carbocycles. The molecule has 6 rings (SSSR count). The fourth-order valence-electron chi connectivity index (χ4n) is 5.80. The number of alkyl halides is 3. The summed E-state index contributed by atoms with van der Waals surface area (Å²) >= 11 is 0. The van der Waals surface area contributed by atoms with Crippen molar-refractivity contribution in [2.24, 2.45) is 0 Å². The van der Waals surface area contributed by atoms with E-state index in [0.29, 0.717) is 30.3 Å². The Morgan fingerprint density at radius 1 is 1.00 bits per heavy atom. The molecule has 2 amide bonds. The molecule has 0 radical (unpaired) electrons. The average Bonchev–Trinajstić information content (AvgIpc) is 3.52. The minimum atomic E-state index is -4.58. The van der Waals surface area contributed by atoms with Gasteiger partial charge in [-0.25, -0.2) is 0 Å². The van der Waals surface area contributed by atoms with Gasteiger partial charge in [-0.2, -0.15) is 13.2 Å². The number of amides is 2. The predicted molar refractivity (Wildman–Crippen MR) is 151 cm³/mol. The van der Waals surface area contributed by atoms with Gasteiger partial charge in [0.05, 0.1) is 17.5 Å². The van der Waals surface area contributed by atoms with Crippen molar-refractivity contribution >= 4 is 11.8 Å². The molecular formula is C31H32F3N5O4. The van der Waals surface area contributed by atoms with Crippen LogP contribution >= 0.6 is 0 Å². The van der Waals surface area contributed by atoms with E-state index in [0.717, 1.165) is 31.3 Å². The number of fused-ring (bicyclic) bond motifs is 3. The van der Waals surface area contributed by atoms with Gasteiger partial charge in [0.1, 0.15) is 29.0 Å². The lowest BCUT2D eigenvalue weighted by atomic mass is 10.0. The van der Waals surface area contributed by atoms with Crippen molar-refractivity contribution in [3.63, 3.8) is 0 Å². The molecule has 2 aliphatic heterocycles. The van der Waals surface area contributed by atoms with Gasteiger partial charge < -0.3 is 25.0 Å². The number of aromatic nitrogens is 1. The number of likely N-dealkylation sites (N-methyl/N-ethyl adjacent to an activating group) is 1. The number of ether oxygens (including phenoxy) is 2. The molecule has 1 aromatic heterocycles. The Kier molecular flexibility index (Phi) is 7.74. The molecule has 2 fully saturated rings. The number of benzene rings is 2. The van der Waals surface area contributed by atoms with Crippen molar-refractivity contribution in [1.29, 1.82) is 0 Å². The maximum Gasteiger partial charge on any atom is 0.416 e. The van der Waals surface area contributed by atoms with E-state index < -0.39 is 17.6 Å². The van der Waals surface area contributed by atoms with Crippen LogP contribution in [-0.2, 0) is 12.7 Å². The van der Waals surface area contributed by atoms with Gasteiger partial charge in [-0.05, 0) is 48.5 Å². The van der Waals surface area contributed by atoms with Crippen molar-refractivity contribution in [2.45, 2.75) is 37.7 Å². The van der Waals surface area contributed by atoms with Crippen LogP contribution in [0.2, 0.25) is 0 Å². The highest BCUT2D eigenvalue weighted by Crippen LogP contribution is 2.54. The van der Waals surface area contributed by atoms with Crippen molar-refractivity contribution < 1.29 is 32.2 Å². The van der Waals surface area contributed by atoms with Crippen LogP contribution in [-0.4, -0.2) is 78.5 Å². The first-order valence-corrected chi connectivity index (χ1v) is 14.3. The lowest BCUT2D eigenvalue weighted by molar-refractivity contribution is -0.138. The highest BCUT2D eigenvalue weighted by atomic mass is 19.4. The molecule has 1 saturated carbocycles. The van der Waals surface area contributed by atoms with Crippen molar-refractivity contribution in [2.75, 3.05) is 39.8 Å². The molecule has 3 heterocycles. The van der Waals surface area contributed by atoms with Gasteiger partial charge in [0.25, 0.3) is 11.8 Å². The number of halogens is 3. The number of nitrogens with one attached hydrogen (secondary N) is 2. The summed E-state index contributed by atoms with van der Waals surface area (Å²) in [6.07, 6.45) is -3.41. The molecule has 1 saturated heterocycles. The van der Waals surface area contributed by atoms with Crippen LogP contribution in [0.15, 0.2) is 54.7 Å². The van der Waals surface area contributed by atoms with Gasteiger partial charge in [0, 0.05) is 63.2 Å². The van der Waals surface area contributed by atoms with Crippen LogP contribution in [0.3, 0.4) is 0 Å². The lowest BCUT2D eigenvalue weighted by Crippen LogP contribution is -2.45. The molecule has 3 aliphatic rings. The van der Waals surface area contributed by atoms with Crippen LogP contribution in [0.5, 0.6) is 17.2 Å². The summed E-state index contributed by atoms with van der Waals surface area (Å²) in [5, 5.41) is 5.37. The number of piperazine rings is 1. The Bertz CT molecular complexity index is 1540. The van der Waals surface area contributed by atoms with E-state index in [9.17, 15) is 22.8 Å². The first-order chi connectivity index (χ1) is 20.6. The molecule has 12 heteroatoms. The zero-order valence-electron chi connectivity index (χ0n) is 23.8. The summed E-state index contributed by atoms with van der Waals surface area (Å²) in [4.78, 5) is 33.3. The third kappa shape index (κ3) is 6.02. The Morgan fingerprint density at radius 2 is 1.74 bits per heavy atom. The molecule has 43 heavy (non-hydrogen) atoms. The second kappa shape index (κ2) is 11.5. The standard InChI is InChI=1S/C31H32F3N5O4/c1-3-38-10-12-39(13-11-38)17-19-5-4-18(14-23(19)31(32,33)34)29(40)37-27-26-22-15-20(6-7-25(22)43-28(26)27)42-21-8-9-36-24(16-21)30(41)35-2/h4-9,14-16,26-28H,3,10-13,17H2,1-2H3,(H,35,41)(H,37,40)/t26-,27?,28-/m0/s1. The van der Waals surface area contributed by atoms with Gasteiger partial charge in [-0.15, -0.1) is 0 Å². The molecule has 1 unspecified atom stereocenters. The maximum absolute atomic E-state index is 14.1. The van der Waals surface area contributed by atoms with Crippen LogP contribution in [0.4, 0.5) is 13.2 Å². The Morgan fingerprint density at radius 3 is 2.47 bits per heavy atom. The van der Waals surface area contributed by atoms with Crippen molar-refractivity contribution in [3.05, 3.63) is 82.7 Å². The van der Waals surface area contributed by atoms with Gasteiger partial charge >= 0.3 is 6.18 Å². The summed E-state index contributed by atoms with van der Waals surface area (Å²) in [5.74, 6) is 0.535. The molecular weight excluding hydrogens is 563 g/mol. The third-order valence-electron chi connectivity index (χ3n) is 8.27. The SMILES string of the molecule is CCN1CCN(Cc2ccc(C(=O)NC3[C@H]4Oc5ccc(Oc6ccnc(C(=O)NC)c6)cc5[C@@H]34)cc2C(F)(F)F)CC1. The first kappa shape index (κ1) is 28.9. The summed E-state index contributed by atoms with van der Waals surface area (Å²) in [6, 6.07) is 11.9. The minimum absolute atomic E-state index is 0.0428. The van der Waals surface area contributed by atoms with E-state index in [1.807, 2.05) is 11.0 Å². The van der Waals surface area contributed by atoms with Gasteiger partial charge in [0.15, 0.2) is 0 Å². The second-order valence-corrected chi connectivity index (χ2v) is 10.9. The number of carbonyl (C=O) groups is 2. The molecule has 9 nitrogen and oxygen atoms in total. The number of rotatable bonds is 8. The second-order valence-electron chi connectivity index (χ2n) is 10.9. The highest BCUT2D eigenvalue weighted by molar-refractivity contribution is 5.95. The zero-order chi connectivity index (χ0) is 30.3. The summed E-state index contributed by atoms with van der Waals surface area (Å²) in [7, 11) is 1.51. The summed E-state index contributed by atoms with van der Waals surface area (Å²) in [6.45, 7) is 6.22. The van der Waals surface area contributed by atoms with E-state index in [1.165, 1.54) is 31.4 Å². The lowest BCUT2D eigenvalue weighted by Gasteiger charge is -2.34. The van der Waals surface area contributed by atoms with Gasteiger partial charge in [-0.3, -0.25) is 19.5 Å². The molecule has 0 spiro atoms. The Hall–Kier alpha value is -4.16. The van der Waals surface area contributed by atoms with Crippen LogP contribution < -0.4 is 20.1 Å².